The molecule has 0 heterocycles. The van der Waals surface area contributed by atoms with Gasteiger partial charge in [-0.1, -0.05) is 159 Å². The SMILES string of the molecule is CC1(C)c2ccccc2-c2cccc(-c3ccc(N(c4ccc5c(c4)C4(CCc6ccccc64)c4ccccc4-5)c4cccc5ccccc45)cc3)c21. The van der Waals surface area contributed by atoms with Crippen molar-refractivity contribution in [3.8, 4) is 33.4 Å². The molecule has 0 aromatic heterocycles. The van der Waals surface area contributed by atoms with Gasteiger partial charge in [0.05, 0.1) is 5.69 Å². The first-order valence-electron chi connectivity index (χ1n) is 19.0. The van der Waals surface area contributed by atoms with Crippen molar-refractivity contribution in [1.29, 1.82) is 0 Å². The largest absolute Gasteiger partial charge is 0.310 e. The minimum absolute atomic E-state index is 0.0764. The number of anilines is 3. The fraction of sp³-hybridized carbons (Fsp3) is 0.115. The quantitative estimate of drug-likeness (QED) is 0.179. The maximum atomic E-state index is 2.51. The molecule has 0 amide bonds. The van der Waals surface area contributed by atoms with E-state index in [4.69, 9.17) is 0 Å². The Morgan fingerprint density at radius 1 is 0.453 bits per heavy atom. The second-order valence-corrected chi connectivity index (χ2v) is 15.6. The lowest BCUT2D eigenvalue weighted by molar-refractivity contribution is 0.626. The summed E-state index contributed by atoms with van der Waals surface area (Å²) in [4.78, 5) is 2.49. The molecule has 3 aliphatic carbocycles. The topological polar surface area (TPSA) is 3.24 Å². The molecule has 0 radical (unpaired) electrons. The first-order valence-corrected chi connectivity index (χ1v) is 19.0. The van der Waals surface area contributed by atoms with E-state index >= 15 is 0 Å². The highest BCUT2D eigenvalue weighted by Gasteiger charge is 2.48. The van der Waals surface area contributed by atoms with E-state index in [1.165, 1.54) is 88.9 Å². The van der Waals surface area contributed by atoms with Crippen LogP contribution in [0.1, 0.15) is 53.6 Å². The molecule has 8 aromatic rings. The number of nitrogens with zero attached hydrogens (tertiary/aromatic N) is 1. The Labute approximate surface area is 311 Å². The zero-order valence-corrected chi connectivity index (χ0v) is 30.1. The van der Waals surface area contributed by atoms with Gasteiger partial charge in [-0.2, -0.15) is 0 Å². The lowest BCUT2D eigenvalue weighted by Gasteiger charge is -2.31. The molecule has 0 aliphatic heterocycles. The lowest BCUT2D eigenvalue weighted by Crippen LogP contribution is -2.24. The molecule has 11 rings (SSSR count). The van der Waals surface area contributed by atoms with Crippen molar-refractivity contribution in [1.82, 2.24) is 0 Å². The Kier molecular flexibility index (Phi) is 6.41. The molecule has 1 nitrogen and oxygen atoms in total. The summed E-state index contributed by atoms with van der Waals surface area (Å²) in [5.74, 6) is 0. The van der Waals surface area contributed by atoms with Gasteiger partial charge in [0.2, 0.25) is 0 Å². The summed E-state index contributed by atoms with van der Waals surface area (Å²) in [5, 5.41) is 2.48. The van der Waals surface area contributed by atoms with Crippen molar-refractivity contribution in [2.45, 2.75) is 37.5 Å². The van der Waals surface area contributed by atoms with E-state index in [2.05, 4.69) is 195 Å². The van der Waals surface area contributed by atoms with Crippen LogP contribution in [-0.2, 0) is 17.3 Å². The van der Waals surface area contributed by atoms with Crippen molar-refractivity contribution in [3.63, 3.8) is 0 Å². The average Bonchev–Trinajstić information content (AvgIpc) is 3.82. The van der Waals surface area contributed by atoms with Gasteiger partial charge in [0.25, 0.3) is 0 Å². The van der Waals surface area contributed by atoms with Crippen LogP contribution in [0.3, 0.4) is 0 Å². The predicted octanol–water partition coefficient (Wildman–Crippen LogP) is 13.5. The fourth-order valence-electron chi connectivity index (χ4n) is 10.4. The molecular formula is C52H39N. The van der Waals surface area contributed by atoms with E-state index in [0.29, 0.717) is 0 Å². The highest BCUT2D eigenvalue weighted by Crippen LogP contribution is 2.59. The van der Waals surface area contributed by atoms with Gasteiger partial charge in [-0.25, -0.2) is 0 Å². The number of fused-ring (bicyclic) bond motifs is 11. The van der Waals surface area contributed by atoms with Crippen LogP contribution < -0.4 is 4.90 Å². The number of aryl methyl sites for hydroxylation is 1. The highest BCUT2D eigenvalue weighted by molar-refractivity contribution is 6.00. The van der Waals surface area contributed by atoms with E-state index in [-0.39, 0.29) is 10.8 Å². The van der Waals surface area contributed by atoms with E-state index in [1.54, 1.807) is 0 Å². The van der Waals surface area contributed by atoms with Crippen molar-refractivity contribution in [2.24, 2.45) is 0 Å². The minimum atomic E-state index is -0.148. The molecule has 0 saturated carbocycles. The first kappa shape index (κ1) is 30.4. The van der Waals surface area contributed by atoms with Gasteiger partial charge in [0.15, 0.2) is 0 Å². The molecule has 1 spiro atoms. The Morgan fingerprint density at radius 3 is 1.91 bits per heavy atom. The zero-order valence-electron chi connectivity index (χ0n) is 30.1. The molecule has 53 heavy (non-hydrogen) atoms. The number of hydrogen-bond donors (Lipinski definition) is 0. The summed E-state index contributed by atoms with van der Waals surface area (Å²) in [6.07, 6.45) is 2.18. The van der Waals surface area contributed by atoms with Gasteiger partial charge in [-0.3, -0.25) is 0 Å². The summed E-state index contributed by atoms with van der Waals surface area (Å²) in [5.41, 5.74) is 19.9. The van der Waals surface area contributed by atoms with E-state index in [9.17, 15) is 0 Å². The minimum Gasteiger partial charge on any atom is -0.310 e. The third-order valence-electron chi connectivity index (χ3n) is 12.7. The maximum absolute atomic E-state index is 2.51. The second-order valence-electron chi connectivity index (χ2n) is 15.6. The summed E-state index contributed by atoms with van der Waals surface area (Å²) >= 11 is 0. The second kappa shape index (κ2) is 11.2. The van der Waals surface area contributed by atoms with E-state index < -0.39 is 0 Å². The summed E-state index contributed by atoms with van der Waals surface area (Å²) in [7, 11) is 0. The van der Waals surface area contributed by atoms with Crippen LogP contribution in [0.5, 0.6) is 0 Å². The Balaban J connectivity index is 1.10. The van der Waals surface area contributed by atoms with Crippen LogP contribution in [0.4, 0.5) is 17.1 Å². The zero-order chi connectivity index (χ0) is 35.3. The Morgan fingerprint density at radius 2 is 1.06 bits per heavy atom. The molecule has 0 saturated heterocycles. The first-order chi connectivity index (χ1) is 26.0. The third kappa shape index (κ3) is 4.20. The molecular weight excluding hydrogens is 639 g/mol. The molecule has 0 N–H and O–H groups in total. The van der Waals surface area contributed by atoms with Crippen LogP contribution in [0.15, 0.2) is 176 Å². The molecule has 8 aromatic carbocycles. The van der Waals surface area contributed by atoms with Crippen molar-refractivity contribution >= 4 is 27.8 Å². The maximum Gasteiger partial charge on any atom is 0.0540 e. The summed E-state index contributed by atoms with van der Waals surface area (Å²) in [6.45, 7) is 4.75. The number of rotatable bonds is 4. The number of benzene rings is 8. The smallest absolute Gasteiger partial charge is 0.0540 e. The Hall–Kier alpha value is -6.18. The van der Waals surface area contributed by atoms with Crippen LogP contribution in [0.25, 0.3) is 44.2 Å². The fourth-order valence-corrected chi connectivity index (χ4v) is 10.4. The molecule has 252 valence electrons. The molecule has 1 atom stereocenters. The molecule has 1 heteroatoms. The monoisotopic (exact) mass is 677 g/mol. The molecule has 0 bridgehead atoms. The molecule has 1 unspecified atom stereocenters. The van der Waals surface area contributed by atoms with Crippen LogP contribution >= 0.6 is 0 Å². The lowest BCUT2D eigenvalue weighted by atomic mass is 9.73. The van der Waals surface area contributed by atoms with Gasteiger partial charge < -0.3 is 4.90 Å². The van der Waals surface area contributed by atoms with Gasteiger partial charge in [0, 0.05) is 27.6 Å². The van der Waals surface area contributed by atoms with Crippen molar-refractivity contribution < 1.29 is 0 Å². The summed E-state index contributed by atoms with van der Waals surface area (Å²) < 4.78 is 0. The van der Waals surface area contributed by atoms with Gasteiger partial charge in [0.1, 0.15) is 0 Å². The van der Waals surface area contributed by atoms with E-state index in [0.717, 1.165) is 18.5 Å². The highest BCUT2D eigenvalue weighted by atomic mass is 15.1. The van der Waals surface area contributed by atoms with E-state index in [1.807, 2.05) is 0 Å². The van der Waals surface area contributed by atoms with Gasteiger partial charge in [-0.15, -0.1) is 0 Å². The van der Waals surface area contributed by atoms with Crippen molar-refractivity contribution in [3.05, 3.63) is 209 Å². The third-order valence-corrected chi connectivity index (χ3v) is 12.7. The van der Waals surface area contributed by atoms with Crippen LogP contribution in [0, 0.1) is 0 Å². The normalized spacial score (nSPS) is 16.9. The van der Waals surface area contributed by atoms with Crippen molar-refractivity contribution in [2.75, 3.05) is 4.90 Å². The standard InChI is InChI=1S/C52H39N/c1-51(2)46-22-9-6-18-42(46)44-20-12-19-40(50(44)51)35-25-27-37(28-26-35)53(49-24-11-15-34-13-3-5-16-39(34)49)38-29-30-43-41-17-7-10-23-47(41)52(48(43)33-38)32-31-36-14-4-8-21-45(36)52/h3-30,33H,31-32H2,1-2H3. The van der Waals surface area contributed by atoms with Gasteiger partial charge >= 0.3 is 0 Å². The number of hydrogen-bond acceptors (Lipinski definition) is 1. The van der Waals surface area contributed by atoms with Crippen LogP contribution in [0.2, 0.25) is 0 Å². The summed E-state index contributed by atoms with van der Waals surface area (Å²) in [6, 6.07) is 66.0. The Bertz CT molecular complexity index is 2760. The molecule has 3 aliphatic rings. The molecule has 0 fully saturated rings. The average molecular weight is 678 g/mol. The van der Waals surface area contributed by atoms with Crippen LogP contribution in [-0.4, -0.2) is 0 Å². The van der Waals surface area contributed by atoms with Gasteiger partial charge in [-0.05, 0) is 115 Å². The predicted molar refractivity (Wildman–Crippen MR) is 222 cm³/mol.